The molecule has 1 saturated heterocycles. The van der Waals surface area contributed by atoms with Crippen molar-refractivity contribution < 1.29 is 4.79 Å². The fourth-order valence-corrected chi connectivity index (χ4v) is 6.05. The molecule has 0 aliphatic carbocycles. The highest BCUT2D eigenvalue weighted by molar-refractivity contribution is 7.99. The first-order chi connectivity index (χ1) is 16.9. The smallest absolute Gasteiger partial charge is 0.254 e. The van der Waals surface area contributed by atoms with Gasteiger partial charge in [-0.25, -0.2) is 0 Å². The van der Waals surface area contributed by atoms with Crippen molar-refractivity contribution in [3.63, 3.8) is 0 Å². The standard InChI is InChI=1S/C30H33N3OS/c1-5-7-26-25-17-21(3)10-12-28(25)35-29-13-11-23(18-27(29)31-26)30(34)32-14-15-33(22(4)19-32)24-9-6-8-20(2)16-24/h6,8-13,16-18,22H,5,7,14-15,19H2,1-4H3/t22-/m1/s1. The van der Waals surface area contributed by atoms with Gasteiger partial charge >= 0.3 is 0 Å². The van der Waals surface area contributed by atoms with Crippen LogP contribution in [0.2, 0.25) is 0 Å². The van der Waals surface area contributed by atoms with Gasteiger partial charge < -0.3 is 9.80 Å². The van der Waals surface area contributed by atoms with Crippen LogP contribution in [0.3, 0.4) is 0 Å². The lowest BCUT2D eigenvalue weighted by Gasteiger charge is -2.41. The molecule has 0 radical (unpaired) electrons. The highest BCUT2D eigenvalue weighted by Crippen LogP contribution is 2.41. The largest absolute Gasteiger partial charge is 0.365 e. The minimum Gasteiger partial charge on any atom is -0.365 e. The number of piperazine rings is 1. The third kappa shape index (κ3) is 4.87. The number of carbonyl (C=O) groups is 1. The number of hydrogen-bond donors (Lipinski definition) is 0. The molecule has 5 heteroatoms. The molecule has 0 unspecified atom stereocenters. The van der Waals surface area contributed by atoms with Crippen LogP contribution in [0.25, 0.3) is 0 Å². The molecule has 4 nitrogen and oxygen atoms in total. The molecule has 35 heavy (non-hydrogen) atoms. The van der Waals surface area contributed by atoms with Gasteiger partial charge in [0.2, 0.25) is 0 Å². The molecule has 0 N–H and O–H groups in total. The van der Waals surface area contributed by atoms with Crippen LogP contribution in [0.15, 0.2) is 75.4 Å². The first-order valence-electron chi connectivity index (χ1n) is 12.6. The van der Waals surface area contributed by atoms with Gasteiger partial charge in [-0.1, -0.05) is 48.9 Å². The van der Waals surface area contributed by atoms with E-state index in [1.807, 2.05) is 17.0 Å². The van der Waals surface area contributed by atoms with E-state index in [-0.39, 0.29) is 11.9 Å². The molecule has 0 spiro atoms. The average Bonchev–Trinajstić information content (AvgIpc) is 2.99. The fourth-order valence-electron chi connectivity index (χ4n) is 5.05. The maximum Gasteiger partial charge on any atom is 0.254 e. The lowest BCUT2D eigenvalue weighted by Crippen LogP contribution is -2.53. The monoisotopic (exact) mass is 483 g/mol. The van der Waals surface area contributed by atoms with Gasteiger partial charge in [0.1, 0.15) is 0 Å². The van der Waals surface area contributed by atoms with Crippen molar-refractivity contribution in [3.05, 3.63) is 82.9 Å². The van der Waals surface area contributed by atoms with Crippen LogP contribution < -0.4 is 4.90 Å². The Hall–Kier alpha value is -3.05. The van der Waals surface area contributed by atoms with Crippen molar-refractivity contribution in [1.29, 1.82) is 0 Å². The van der Waals surface area contributed by atoms with Crippen molar-refractivity contribution >= 4 is 34.8 Å². The summed E-state index contributed by atoms with van der Waals surface area (Å²) >= 11 is 1.75. The van der Waals surface area contributed by atoms with Gasteiger partial charge in [0.15, 0.2) is 0 Å². The Morgan fingerprint density at radius 3 is 2.57 bits per heavy atom. The molecule has 3 aromatic carbocycles. The Balaban J connectivity index is 1.39. The minimum atomic E-state index is 0.0957. The van der Waals surface area contributed by atoms with Crippen LogP contribution in [-0.2, 0) is 0 Å². The third-order valence-corrected chi connectivity index (χ3v) is 8.00. The van der Waals surface area contributed by atoms with E-state index in [1.165, 1.54) is 27.3 Å². The van der Waals surface area contributed by atoms with Gasteiger partial charge in [-0.2, -0.15) is 0 Å². The summed E-state index contributed by atoms with van der Waals surface area (Å²) < 4.78 is 0. The molecular formula is C30H33N3OS. The summed E-state index contributed by atoms with van der Waals surface area (Å²) in [5, 5.41) is 0. The maximum atomic E-state index is 13.5. The highest BCUT2D eigenvalue weighted by Gasteiger charge is 2.28. The number of aliphatic imine (C=N–C) groups is 1. The average molecular weight is 484 g/mol. The number of anilines is 1. The SMILES string of the molecule is CCCC1=Nc2cc(C(=O)N3CCN(c4cccc(C)c4)[C@H](C)C3)ccc2Sc2ccc(C)cc21. The molecule has 3 aromatic rings. The number of benzene rings is 3. The molecule has 0 saturated carbocycles. The second-order valence-corrected chi connectivity index (χ2v) is 10.8. The van der Waals surface area contributed by atoms with Crippen molar-refractivity contribution in [2.24, 2.45) is 4.99 Å². The van der Waals surface area contributed by atoms with Crippen molar-refractivity contribution in [2.75, 3.05) is 24.5 Å². The first-order valence-corrected chi connectivity index (χ1v) is 13.4. The van der Waals surface area contributed by atoms with E-state index in [1.54, 1.807) is 11.8 Å². The Morgan fingerprint density at radius 1 is 1.00 bits per heavy atom. The molecule has 180 valence electrons. The molecule has 2 aliphatic heterocycles. The summed E-state index contributed by atoms with van der Waals surface area (Å²) in [5.74, 6) is 0.0957. The Labute approximate surface area is 213 Å². The lowest BCUT2D eigenvalue weighted by atomic mass is 10.0. The topological polar surface area (TPSA) is 35.9 Å². The Morgan fingerprint density at radius 2 is 1.80 bits per heavy atom. The predicted molar refractivity (Wildman–Crippen MR) is 147 cm³/mol. The minimum absolute atomic E-state index is 0.0957. The molecule has 0 aromatic heterocycles. The molecule has 2 heterocycles. The number of hydrogen-bond acceptors (Lipinski definition) is 4. The van der Waals surface area contributed by atoms with Crippen LogP contribution in [0.1, 0.15) is 53.7 Å². The number of amides is 1. The quantitative estimate of drug-likeness (QED) is 0.399. The molecule has 0 bridgehead atoms. The number of nitrogens with zero attached hydrogens (tertiary/aromatic N) is 3. The zero-order valence-corrected chi connectivity index (χ0v) is 21.9. The summed E-state index contributed by atoms with van der Waals surface area (Å²) in [7, 11) is 0. The Kier molecular flexibility index (Phi) is 6.70. The molecule has 1 atom stereocenters. The number of fused-ring (bicyclic) bond motifs is 2. The van der Waals surface area contributed by atoms with Gasteiger partial charge in [-0.05, 0) is 75.2 Å². The maximum absolute atomic E-state index is 13.5. The Bertz CT molecular complexity index is 1300. The summed E-state index contributed by atoms with van der Waals surface area (Å²) in [6.07, 6.45) is 1.96. The van der Waals surface area contributed by atoms with Crippen molar-refractivity contribution in [1.82, 2.24) is 4.90 Å². The van der Waals surface area contributed by atoms with Crippen LogP contribution >= 0.6 is 11.8 Å². The van der Waals surface area contributed by atoms with E-state index in [0.717, 1.165) is 47.8 Å². The second-order valence-electron chi connectivity index (χ2n) is 9.73. The molecular weight excluding hydrogens is 450 g/mol. The van der Waals surface area contributed by atoms with Gasteiger partial charge in [0.05, 0.1) is 5.69 Å². The molecule has 1 fully saturated rings. The molecule has 1 amide bonds. The van der Waals surface area contributed by atoms with Crippen LogP contribution in [0.5, 0.6) is 0 Å². The van der Waals surface area contributed by atoms with Crippen LogP contribution in [0.4, 0.5) is 11.4 Å². The van der Waals surface area contributed by atoms with E-state index >= 15 is 0 Å². The van der Waals surface area contributed by atoms with Crippen molar-refractivity contribution in [3.8, 4) is 0 Å². The summed E-state index contributed by atoms with van der Waals surface area (Å²) in [6.45, 7) is 10.9. The normalized spacial score (nSPS) is 17.4. The predicted octanol–water partition coefficient (Wildman–Crippen LogP) is 7.04. The number of rotatable bonds is 4. The highest BCUT2D eigenvalue weighted by atomic mass is 32.2. The van der Waals surface area contributed by atoms with E-state index in [0.29, 0.717) is 6.54 Å². The summed E-state index contributed by atoms with van der Waals surface area (Å²) in [6, 6.07) is 21.5. The second kappa shape index (κ2) is 9.90. The summed E-state index contributed by atoms with van der Waals surface area (Å²) in [4.78, 5) is 25.4. The van der Waals surface area contributed by atoms with Crippen LogP contribution in [-0.4, -0.2) is 42.2 Å². The fraction of sp³-hybridized carbons (Fsp3) is 0.333. The van der Waals surface area contributed by atoms with Gasteiger partial charge in [0, 0.05) is 58.0 Å². The molecule has 5 rings (SSSR count). The van der Waals surface area contributed by atoms with E-state index in [4.69, 9.17) is 4.99 Å². The van der Waals surface area contributed by atoms with Crippen LogP contribution in [0, 0.1) is 13.8 Å². The molecule has 2 aliphatic rings. The van der Waals surface area contributed by atoms with Gasteiger partial charge in [-0.3, -0.25) is 9.79 Å². The summed E-state index contributed by atoms with van der Waals surface area (Å²) in [5.41, 5.74) is 7.71. The number of aryl methyl sites for hydroxylation is 2. The van der Waals surface area contributed by atoms with Crippen molar-refractivity contribution in [2.45, 2.75) is 56.4 Å². The zero-order chi connectivity index (χ0) is 24.5. The lowest BCUT2D eigenvalue weighted by molar-refractivity contribution is 0.0726. The number of carbonyl (C=O) groups excluding carboxylic acids is 1. The first kappa shape index (κ1) is 23.7. The van der Waals surface area contributed by atoms with E-state index in [9.17, 15) is 4.79 Å². The van der Waals surface area contributed by atoms with E-state index in [2.05, 4.69) is 81.1 Å². The van der Waals surface area contributed by atoms with Gasteiger partial charge in [-0.15, -0.1) is 0 Å². The van der Waals surface area contributed by atoms with Gasteiger partial charge in [0.25, 0.3) is 5.91 Å². The zero-order valence-electron chi connectivity index (χ0n) is 21.0. The third-order valence-electron chi connectivity index (χ3n) is 6.86. The van der Waals surface area contributed by atoms with E-state index < -0.39 is 0 Å².